The highest BCUT2D eigenvalue weighted by atomic mass is 35.5. The summed E-state index contributed by atoms with van der Waals surface area (Å²) < 4.78 is 41.1. The summed E-state index contributed by atoms with van der Waals surface area (Å²) in [7, 11) is -4.11. The Labute approximate surface area is 157 Å². The Morgan fingerprint density at radius 3 is 2.15 bits per heavy atom. The number of rotatable bonds is 4. The van der Waals surface area contributed by atoms with Crippen LogP contribution in [0, 0.1) is 18.2 Å². The van der Waals surface area contributed by atoms with Gasteiger partial charge in [0.2, 0.25) is 5.91 Å². The van der Waals surface area contributed by atoms with E-state index >= 15 is 0 Å². The maximum absolute atomic E-state index is 14.0. The molecule has 0 saturated carbocycles. The highest BCUT2D eigenvalue weighted by molar-refractivity contribution is 7.92. The Hall–Kier alpha value is -2.12. The summed E-state index contributed by atoms with van der Waals surface area (Å²) in [6.45, 7) is 6.95. The van der Waals surface area contributed by atoms with Crippen molar-refractivity contribution in [2.24, 2.45) is 5.41 Å². The van der Waals surface area contributed by atoms with E-state index in [0.717, 1.165) is 6.07 Å². The normalized spacial score (nSPS) is 11.9. The van der Waals surface area contributed by atoms with Crippen LogP contribution in [-0.4, -0.2) is 14.3 Å². The van der Waals surface area contributed by atoms with Crippen molar-refractivity contribution in [3.8, 4) is 0 Å². The lowest BCUT2D eigenvalue weighted by Crippen LogP contribution is -2.27. The zero-order chi connectivity index (χ0) is 19.7. The Bertz CT molecular complexity index is 936. The molecule has 2 aromatic rings. The fraction of sp³-hybridized carbons (Fsp3) is 0.278. The Morgan fingerprint density at radius 2 is 1.62 bits per heavy atom. The first-order valence-corrected chi connectivity index (χ1v) is 9.66. The lowest BCUT2D eigenvalue weighted by Gasteiger charge is -2.18. The number of amides is 1. The van der Waals surface area contributed by atoms with E-state index in [1.165, 1.54) is 18.2 Å². The van der Waals surface area contributed by atoms with Gasteiger partial charge in [-0.1, -0.05) is 32.4 Å². The van der Waals surface area contributed by atoms with Gasteiger partial charge in [-0.15, -0.1) is 0 Å². The molecule has 5 nitrogen and oxygen atoms in total. The molecule has 0 spiro atoms. The van der Waals surface area contributed by atoms with Gasteiger partial charge in [-0.25, -0.2) is 12.8 Å². The van der Waals surface area contributed by atoms with Crippen LogP contribution >= 0.6 is 11.6 Å². The largest absolute Gasteiger partial charge is 0.326 e. The second kappa shape index (κ2) is 7.25. The maximum Gasteiger partial charge on any atom is 0.264 e. The molecule has 0 fully saturated rings. The monoisotopic (exact) mass is 398 g/mol. The summed E-state index contributed by atoms with van der Waals surface area (Å²) in [4.78, 5) is 11.5. The third kappa shape index (κ3) is 4.74. The average molecular weight is 399 g/mol. The number of sulfonamides is 1. The first-order chi connectivity index (χ1) is 11.9. The van der Waals surface area contributed by atoms with Crippen LogP contribution in [0.2, 0.25) is 5.02 Å². The van der Waals surface area contributed by atoms with Gasteiger partial charge >= 0.3 is 0 Å². The molecule has 0 unspecified atom stereocenters. The van der Waals surface area contributed by atoms with Gasteiger partial charge in [0.15, 0.2) is 0 Å². The van der Waals surface area contributed by atoms with E-state index in [4.69, 9.17) is 11.6 Å². The molecule has 2 N–H and O–H groups in total. The van der Waals surface area contributed by atoms with Crippen LogP contribution in [0.1, 0.15) is 26.3 Å². The van der Waals surface area contributed by atoms with Crippen LogP contribution in [-0.2, 0) is 14.8 Å². The van der Waals surface area contributed by atoms with E-state index in [1.807, 2.05) is 0 Å². The van der Waals surface area contributed by atoms with Crippen LogP contribution in [0.5, 0.6) is 0 Å². The van der Waals surface area contributed by atoms with Crippen LogP contribution < -0.4 is 10.0 Å². The van der Waals surface area contributed by atoms with Crippen molar-refractivity contribution in [1.82, 2.24) is 0 Å². The molecule has 0 radical (unpaired) electrons. The lowest BCUT2D eigenvalue weighted by atomic mass is 9.95. The predicted octanol–water partition coefficient (Wildman–Crippen LogP) is 4.57. The van der Waals surface area contributed by atoms with E-state index in [2.05, 4.69) is 10.0 Å². The lowest BCUT2D eigenvalue weighted by molar-refractivity contribution is -0.123. The van der Waals surface area contributed by atoms with Crippen LogP contribution in [0.25, 0.3) is 0 Å². The molecule has 8 heteroatoms. The molecule has 0 bridgehead atoms. The molecule has 26 heavy (non-hydrogen) atoms. The molecule has 0 atom stereocenters. The molecule has 1 amide bonds. The number of aryl methyl sites for hydroxylation is 1. The predicted molar refractivity (Wildman–Crippen MR) is 101 cm³/mol. The highest BCUT2D eigenvalue weighted by Gasteiger charge is 2.22. The number of hydrogen-bond acceptors (Lipinski definition) is 3. The molecule has 2 aromatic carbocycles. The molecular weight excluding hydrogens is 379 g/mol. The third-order valence-corrected chi connectivity index (χ3v) is 5.38. The van der Waals surface area contributed by atoms with Crippen molar-refractivity contribution in [1.29, 1.82) is 0 Å². The first-order valence-electron chi connectivity index (χ1n) is 7.80. The third-order valence-electron chi connectivity index (χ3n) is 3.58. The summed E-state index contributed by atoms with van der Waals surface area (Å²) in [5, 5.41) is 2.89. The zero-order valence-corrected chi connectivity index (χ0v) is 16.4. The Balaban J connectivity index is 2.21. The highest BCUT2D eigenvalue weighted by Crippen LogP contribution is 2.26. The number of carbonyl (C=O) groups excluding carboxylic acids is 1. The van der Waals surface area contributed by atoms with Gasteiger partial charge in [-0.3, -0.25) is 9.52 Å². The smallest absolute Gasteiger partial charge is 0.264 e. The van der Waals surface area contributed by atoms with Gasteiger partial charge in [-0.2, -0.15) is 0 Å². The second-order valence-corrected chi connectivity index (χ2v) is 8.98. The maximum atomic E-state index is 14.0. The van der Waals surface area contributed by atoms with Gasteiger partial charge in [0.25, 0.3) is 10.0 Å². The van der Waals surface area contributed by atoms with E-state index < -0.39 is 26.2 Å². The van der Waals surface area contributed by atoms with E-state index in [9.17, 15) is 17.6 Å². The minimum Gasteiger partial charge on any atom is -0.326 e. The van der Waals surface area contributed by atoms with Gasteiger partial charge in [0.1, 0.15) is 10.7 Å². The van der Waals surface area contributed by atoms with Gasteiger partial charge < -0.3 is 5.32 Å². The van der Waals surface area contributed by atoms with Crippen LogP contribution in [0.4, 0.5) is 15.8 Å². The average Bonchev–Trinajstić information content (AvgIpc) is 2.51. The topological polar surface area (TPSA) is 75.3 Å². The number of halogens is 2. The zero-order valence-electron chi connectivity index (χ0n) is 14.9. The van der Waals surface area contributed by atoms with Crippen molar-refractivity contribution < 1.29 is 17.6 Å². The molecular formula is C18H20ClFN2O3S. The molecule has 0 saturated heterocycles. The van der Waals surface area contributed by atoms with Crippen molar-refractivity contribution in [2.75, 3.05) is 10.0 Å². The molecule has 0 aliphatic rings. The summed E-state index contributed by atoms with van der Waals surface area (Å²) in [5.41, 5.74) is 0.672. The SMILES string of the molecule is Cc1cc(S(=O)(=O)Nc2ccc(NC(=O)C(C)(C)C)cc2)c(F)cc1Cl. The van der Waals surface area contributed by atoms with Crippen LogP contribution in [0.3, 0.4) is 0 Å². The Morgan fingerprint density at radius 1 is 1.08 bits per heavy atom. The molecule has 0 heterocycles. The summed E-state index contributed by atoms with van der Waals surface area (Å²) in [6.07, 6.45) is 0. The van der Waals surface area contributed by atoms with Crippen molar-refractivity contribution in [2.45, 2.75) is 32.6 Å². The first kappa shape index (κ1) is 20.2. The minimum absolute atomic E-state index is 0.153. The van der Waals surface area contributed by atoms with Gasteiger partial charge in [0, 0.05) is 21.8 Å². The standard InChI is InChI=1S/C18H20ClFN2O3S/c1-11-9-16(15(20)10-14(11)19)26(24,25)22-13-7-5-12(6-8-13)21-17(23)18(2,3)4/h5-10,22H,1-4H3,(H,21,23). The minimum atomic E-state index is -4.11. The number of benzene rings is 2. The summed E-state index contributed by atoms with van der Waals surface area (Å²) in [6, 6.07) is 8.23. The number of anilines is 2. The molecule has 140 valence electrons. The van der Waals surface area contributed by atoms with Crippen LogP contribution in [0.15, 0.2) is 41.3 Å². The molecule has 0 aromatic heterocycles. The second-order valence-electron chi connectivity index (χ2n) is 6.92. The Kier molecular flexibility index (Phi) is 5.63. The summed E-state index contributed by atoms with van der Waals surface area (Å²) >= 11 is 5.80. The van der Waals surface area contributed by atoms with Crippen molar-refractivity contribution in [3.63, 3.8) is 0 Å². The fourth-order valence-corrected chi connectivity index (χ4v) is 3.34. The van der Waals surface area contributed by atoms with Gasteiger partial charge in [-0.05, 0) is 48.9 Å². The van der Waals surface area contributed by atoms with Crippen molar-refractivity contribution in [3.05, 3.63) is 52.8 Å². The van der Waals surface area contributed by atoms with Crippen molar-refractivity contribution >= 4 is 38.9 Å². The quantitative estimate of drug-likeness (QED) is 0.791. The van der Waals surface area contributed by atoms with Gasteiger partial charge in [0.05, 0.1) is 0 Å². The molecule has 0 aliphatic heterocycles. The molecule has 0 aliphatic carbocycles. The summed E-state index contributed by atoms with van der Waals surface area (Å²) in [5.74, 6) is -1.09. The number of hydrogen-bond donors (Lipinski definition) is 2. The number of nitrogens with one attached hydrogen (secondary N) is 2. The van der Waals surface area contributed by atoms with E-state index in [-0.39, 0.29) is 16.6 Å². The fourth-order valence-electron chi connectivity index (χ4n) is 1.99. The molecule has 2 rings (SSSR count). The van der Waals surface area contributed by atoms with E-state index in [0.29, 0.717) is 11.3 Å². The number of carbonyl (C=O) groups is 1. The van der Waals surface area contributed by atoms with E-state index in [1.54, 1.807) is 39.8 Å².